The summed E-state index contributed by atoms with van der Waals surface area (Å²) in [6.07, 6.45) is 0. The SMILES string of the molecule is CCN(CC#N)Cc1ccccc1OC. The maximum absolute atomic E-state index is 8.65. The van der Waals surface area contributed by atoms with Gasteiger partial charge in [-0.3, -0.25) is 4.90 Å². The lowest BCUT2D eigenvalue weighted by Gasteiger charge is -2.18. The fourth-order valence-corrected chi connectivity index (χ4v) is 1.45. The van der Waals surface area contributed by atoms with Gasteiger partial charge in [0.15, 0.2) is 0 Å². The molecule has 0 aromatic heterocycles. The van der Waals surface area contributed by atoms with Gasteiger partial charge in [-0.25, -0.2) is 0 Å². The summed E-state index contributed by atoms with van der Waals surface area (Å²) in [5.41, 5.74) is 1.12. The molecule has 0 heterocycles. The Balaban J connectivity index is 2.74. The van der Waals surface area contributed by atoms with Crippen LogP contribution in [0.25, 0.3) is 0 Å². The summed E-state index contributed by atoms with van der Waals surface area (Å²) in [5, 5.41) is 8.65. The van der Waals surface area contributed by atoms with Crippen LogP contribution in [-0.4, -0.2) is 25.1 Å². The Bertz CT molecular complexity index is 344. The fourth-order valence-electron chi connectivity index (χ4n) is 1.45. The Morgan fingerprint density at radius 1 is 1.40 bits per heavy atom. The largest absolute Gasteiger partial charge is 0.496 e. The number of nitriles is 1. The molecule has 0 aliphatic rings. The normalized spacial score (nSPS) is 10.0. The van der Waals surface area contributed by atoms with Crippen LogP contribution in [0.2, 0.25) is 0 Å². The Labute approximate surface area is 90.9 Å². The second-order valence-electron chi connectivity index (χ2n) is 3.27. The predicted octanol–water partition coefficient (Wildman–Crippen LogP) is 2.04. The Hall–Kier alpha value is -1.53. The molecular formula is C12H16N2O. The number of methoxy groups -OCH3 is 1. The van der Waals surface area contributed by atoms with Crippen LogP contribution in [0, 0.1) is 11.3 Å². The monoisotopic (exact) mass is 204 g/mol. The highest BCUT2D eigenvalue weighted by molar-refractivity contribution is 5.33. The summed E-state index contributed by atoms with van der Waals surface area (Å²) >= 11 is 0. The van der Waals surface area contributed by atoms with E-state index in [-0.39, 0.29) is 0 Å². The first kappa shape index (κ1) is 11.5. The molecule has 0 N–H and O–H groups in total. The molecule has 0 saturated heterocycles. The van der Waals surface area contributed by atoms with Crippen LogP contribution < -0.4 is 4.74 Å². The van der Waals surface area contributed by atoms with Gasteiger partial charge in [0.1, 0.15) is 5.75 Å². The van der Waals surface area contributed by atoms with Crippen molar-refractivity contribution in [2.75, 3.05) is 20.2 Å². The Morgan fingerprint density at radius 2 is 2.13 bits per heavy atom. The summed E-state index contributed by atoms with van der Waals surface area (Å²) in [6.45, 7) is 4.13. The number of para-hydroxylation sites is 1. The van der Waals surface area contributed by atoms with Gasteiger partial charge in [0.25, 0.3) is 0 Å². The molecule has 3 heteroatoms. The van der Waals surface area contributed by atoms with E-state index < -0.39 is 0 Å². The van der Waals surface area contributed by atoms with Crippen LogP contribution in [0.1, 0.15) is 12.5 Å². The van der Waals surface area contributed by atoms with E-state index in [2.05, 4.69) is 11.0 Å². The molecular weight excluding hydrogens is 188 g/mol. The standard InChI is InChI=1S/C12H16N2O/c1-3-14(9-8-13)10-11-6-4-5-7-12(11)15-2/h4-7H,3,9-10H2,1-2H3. The molecule has 0 atom stereocenters. The van der Waals surface area contributed by atoms with Crippen molar-refractivity contribution >= 4 is 0 Å². The van der Waals surface area contributed by atoms with Gasteiger partial charge >= 0.3 is 0 Å². The van der Waals surface area contributed by atoms with Gasteiger partial charge in [0.05, 0.1) is 19.7 Å². The van der Waals surface area contributed by atoms with Crippen molar-refractivity contribution in [1.82, 2.24) is 4.90 Å². The van der Waals surface area contributed by atoms with Gasteiger partial charge in [0.2, 0.25) is 0 Å². The van der Waals surface area contributed by atoms with Crippen LogP contribution in [0.3, 0.4) is 0 Å². The van der Waals surface area contributed by atoms with Crippen molar-refractivity contribution in [3.05, 3.63) is 29.8 Å². The van der Waals surface area contributed by atoms with Gasteiger partial charge in [-0.15, -0.1) is 0 Å². The molecule has 15 heavy (non-hydrogen) atoms. The third-order valence-corrected chi connectivity index (χ3v) is 2.33. The number of hydrogen-bond acceptors (Lipinski definition) is 3. The molecule has 0 radical (unpaired) electrons. The van der Waals surface area contributed by atoms with Crippen LogP contribution in [0.15, 0.2) is 24.3 Å². The molecule has 1 rings (SSSR count). The molecule has 0 fully saturated rings. The van der Waals surface area contributed by atoms with E-state index in [0.717, 1.165) is 24.4 Å². The Kier molecular flexibility index (Phi) is 4.65. The van der Waals surface area contributed by atoms with E-state index >= 15 is 0 Å². The molecule has 0 saturated carbocycles. The lowest BCUT2D eigenvalue weighted by atomic mass is 10.2. The third kappa shape index (κ3) is 3.26. The van der Waals surface area contributed by atoms with E-state index in [1.165, 1.54) is 0 Å². The van der Waals surface area contributed by atoms with Crippen LogP contribution in [-0.2, 0) is 6.54 Å². The maximum atomic E-state index is 8.65. The topological polar surface area (TPSA) is 36.3 Å². The average molecular weight is 204 g/mol. The first-order chi connectivity index (χ1) is 7.31. The van der Waals surface area contributed by atoms with E-state index in [1.807, 2.05) is 31.2 Å². The van der Waals surface area contributed by atoms with Crippen molar-refractivity contribution in [1.29, 1.82) is 5.26 Å². The molecule has 0 spiro atoms. The highest BCUT2D eigenvalue weighted by Gasteiger charge is 2.06. The van der Waals surface area contributed by atoms with Gasteiger partial charge < -0.3 is 4.74 Å². The Morgan fingerprint density at radius 3 is 2.73 bits per heavy atom. The fraction of sp³-hybridized carbons (Fsp3) is 0.417. The quantitative estimate of drug-likeness (QED) is 0.689. The van der Waals surface area contributed by atoms with E-state index in [9.17, 15) is 0 Å². The summed E-state index contributed by atoms with van der Waals surface area (Å²) in [5.74, 6) is 0.883. The van der Waals surface area contributed by atoms with Gasteiger partial charge in [-0.1, -0.05) is 25.1 Å². The molecule has 0 aliphatic carbocycles. The lowest BCUT2D eigenvalue weighted by molar-refractivity contribution is 0.306. The predicted molar refractivity (Wildman–Crippen MR) is 59.6 cm³/mol. The van der Waals surface area contributed by atoms with E-state index in [0.29, 0.717) is 6.54 Å². The first-order valence-electron chi connectivity index (χ1n) is 5.03. The molecule has 80 valence electrons. The smallest absolute Gasteiger partial charge is 0.123 e. The highest BCUT2D eigenvalue weighted by Crippen LogP contribution is 2.18. The zero-order chi connectivity index (χ0) is 11.1. The molecule has 0 amide bonds. The average Bonchev–Trinajstić information content (AvgIpc) is 2.29. The number of ether oxygens (including phenoxy) is 1. The van der Waals surface area contributed by atoms with E-state index in [1.54, 1.807) is 7.11 Å². The van der Waals surface area contributed by atoms with Crippen molar-refractivity contribution in [2.45, 2.75) is 13.5 Å². The number of rotatable bonds is 5. The van der Waals surface area contributed by atoms with Gasteiger partial charge in [-0.2, -0.15) is 5.26 Å². The zero-order valence-corrected chi connectivity index (χ0v) is 9.23. The minimum absolute atomic E-state index is 0.453. The molecule has 0 unspecified atom stereocenters. The molecule has 1 aromatic rings. The third-order valence-electron chi connectivity index (χ3n) is 2.33. The van der Waals surface area contributed by atoms with Crippen LogP contribution >= 0.6 is 0 Å². The zero-order valence-electron chi connectivity index (χ0n) is 9.23. The first-order valence-corrected chi connectivity index (χ1v) is 5.03. The van der Waals surface area contributed by atoms with Crippen molar-refractivity contribution < 1.29 is 4.74 Å². The molecule has 0 bridgehead atoms. The second-order valence-corrected chi connectivity index (χ2v) is 3.27. The number of benzene rings is 1. The second kappa shape index (κ2) is 6.05. The highest BCUT2D eigenvalue weighted by atomic mass is 16.5. The lowest BCUT2D eigenvalue weighted by Crippen LogP contribution is -2.23. The molecule has 0 aliphatic heterocycles. The van der Waals surface area contributed by atoms with Crippen molar-refractivity contribution in [3.63, 3.8) is 0 Å². The summed E-state index contributed by atoms with van der Waals surface area (Å²) in [6, 6.07) is 10.1. The number of hydrogen-bond donors (Lipinski definition) is 0. The number of nitrogens with zero attached hydrogens (tertiary/aromatic N) is 2. The summed E-state index contributed by atoms with van der Waals surface area (Å²) < 4.78 is 5.26. The molecule has 1 aromatic carbocycles. The molecule has 3 nitrogen and oxygen atoms in total. The summed E-state index contributed by atoms with van der Waals surface area (Å²) in [7, 11) is 1.67. The van der Waals surface area contributed by atoms with Crippen molar-refractivity contribution in [2.24, 2.45) is 0 Å². The van der Waals surface area contributed by atoms with Crippen LogP contribution in [0.4, 0.5) is 0 Å². The van der Waals surface area contributed by atoms with Gasteiger partial charge in [0, 0.05) is 12.1 Å². The van der Waals surface area contributed by atoms with E-state index in [4.69, 9.17) is 10.00 Å². The van der Waals surface area contributed by atoms with Crippen molar-refractivity contribution in [3.8, 4) is 11.8 Å². The minimum atomic E-state index is 0.453. The van der Waals surface area contributed by atoms with Gasteiger partial charge in [-0.05, 0) is 12.6 Å². The van der Waals surface area contributed by atoms with Crippen LogP contribution in [0.5, 0.6) is 5.75 Å². The minimum Gasteiger partial charge on any atom is -0.496 e. The maximum Gasteiger partial charge on any atom is 0.123 e. The summed E-state index contributed by atoms with van der Waals surface area (Å²) in [4.78, 5) is 2.07.